The molecule has 0 atom stereocenters. The van der Waals surface area contributed by atoms with Crippen LogP contribution in [0.4, 0.5) is 0 Å². The molecule has 0 radical (unpaired) electrons. The number of rotatable bonds is 7. The van der Waals surface area contributed by atoms with Gasteiger partial charge < -0.3 is 14.4 Å². The number of likely N-dealkylation sites (tertiary alicyclic amines) is 1. The molecule has 2 aliphatic rings. The fourth-order valence-corrected chi connectivity index (χ4v) is 4.95. The zero-order chi connectivity index (χ0) is 27.9. The number of nitrogens with zero attached hydrogens (tertiary/aromatic N) is 2. The summed E-state index contributed by atoms with van der Waals surface area (Å²) in [5.41, 5.74) is 3.28. The number of carbonyl (C=O) groups excluding carboxylic acids is 2. The summed E-state index contributed by atoms with van der Waals surface area (Å²) < 4.78 is 11.3. The first-order valence-electron chi connectivity index (χ1n) is 13.2. The number of hydrogen-bond donors (Lipinski definition) is 0. The lowest BCUT2D eigenvalue weighted by Gasteiger charge is -2.30. The molecule has 2 saturated heterocycles. The fourth-order valence-electron chi connectivity index (χ4n) is 4.70. The molecule has 40 heavy (non-hydrogen) atoms. The van der Waals surface area contributed by atoms with Crippen LogP contribution in [0.1, 0.15) is 21.5 Å². The van der Waals surface area contributed by atoms with Crippen molar-refractivity contribution in [3.05, 3.63) is 111 Å². The molecule has 0 N–H and O–H groups in total. The van der Waals surface area contributed by atoms with Gasteiger partial charge in [0.1, 0.15) is 12.4 Å². The molecule has 2 heterocycles. The van der Waals surface area contributed by atoms with Gasteiger partial charge >= 0.3 is 0 Å². The predicted molar refractivity (Wildman–Crippen MR) is 159 cm³/mol. The number of benzene rings is 3. The van der Waals surface area contributed by atoms with Gasteiger partial charge in [0.05, 0.1) is 26.3 Å². The third-order valence-electron chi connectivity index (χ3n) is 6.90. The van der Waals surface area contributed by atoms with Crippen molar-refractivity contribution in [1.82, 2.24) is 9.80 Å². The Morgan fingerprint density at radius 1 is 0.800 bits per heavy atom. The van der Waals surface area contributed by atoms with Crippen molar-refractivity contribution in [2.75, 3.05) is 52.5 Å². The minimum Gasteiger partial charge on any atom is -0.492 e. The van der Waals surface area contributed by atoms with Gasteiger partial charge in [0.2, 0.25) is 0 Å². The highest BCUT2D eigenvalue weighted by Crippen LogP contribution is 2.25. The van der Waals surface area contributed by atoms with Crippen LogP contribution in [0.5, 0.6) is 5.75 Å². The maximum atomic E-state index is 13.6. The highest BCUT2D eigenvalue weighted by atomic mass is 35.5. The minimum absolute atomic E-state index is 0.0852. The van der Waals surface area contributed by atoms with Gasteiger partial charge in [-0.15, -0.1) is 0 Å². The summed E-state index contributed by atoms with van der Waals surface area (Å²) in [6, 6.07) is 21.7. The van der Waals surface area contributed by atoms with Crippen LogP contribution < -0.4 is 4.74 Å². The third-order valence-corrected chi connectivity index (χ3v) is 7.40. The number of ketones is 1. The first-order chi connectivity index (χ1) is 19.4. The lowest BCUT2D eigenvalue weighted by atomic mass is 9.93. The monoisotopic (exact) mass is 576 g/mol. The molecule has 8 heteroatoms. The molecule has 2 fully saturated rings. The van der Waals surface area contributed by atoms with E-state index in [1.807, 2.05) is 48.6 Å². The summed E-state index contributed by atoms with van der Waals surface area (Å²) in [4.78, 5) is 31.1. The van der Waals surface area contributed by atoms with Crippen LogP contribution in [0.15, 0.2) is 83.9 Å². The van der Waals surface area contributed by atoms with Crippen LogP contribution in [0, 0.1) is 0 Å². The Balaban J connectivity index is 1.32. The molecule has 0 bridgehead atoms. The summed E-state index contributed by atoms with van der Waals surface area (Å²) in [5, 5.41) is 1.23. The Hall–Kier alpha value is -3.42. The van der Waals surface area contributed by atoms with E-state index in [9.17, 15) is 9.59 Å². The van der Waals surface area contributed by atoms with Crippen LogP contribution in [-0.4, -0.2) is 74.0 Å². The zero-order valence-electron chi connectivity index (χ0n) is 22.0. The summed E-state index contributed by atoms with van der Waals surface area (Å²) in [6.07, 6.45) is 3.64. The number of amides is 1. The Labute approximate surface area is 244 Å². The molecule has 0 aromatic heterocycles. The predicted octanol–water partition coefficient (Wildman–Crippen LogP) is 5.90. The highest BCUT2D eigenvalue weighted by molar-refractivity contribution is 6.31. The van der Waals surface area contributed by atoms with E-state index in [1.54, 1.807) is 41.3 Å². The molecule has 2 aliphatic heterocycles. The van der Waals surface area contributed by atoms with Gasteiger partial charge in [-0.25, -0.2) is 0 Å². The van der Waals surface area contributed by atoms with Crippen molar-refractivity contribution in [2.24, 2.45) is 0 Å². The van der Waals surface area contributed by atoms with E-state index in [1.165, 1.54) is 0 Å². The summed E-state index contributed by atoms with van der Waals surface area (Å²) in [7, 11) is 0. The Bertz CT molecular complexity index is 1330. The van der Waals surface area contributed by atoms with Crippen molar-refractivity contribution in [3.63, 3.8) is 0 Å². The quantitative estimate of drug-likeness (QED) is 0.328. The Kier molecular flexibility index (Phi) is 9.34. The van der Waals surface area contributed by atoms with E-state index in [0.29, 0.717) is 39.1 Å². The van der Waals surface area contributed by atoms with Gasteiger partial charge in [-0.1, -0.05) is 47.5 Å². The Morgan fingerprint density at radius 3 is 1.85 bits per heavy atom. The highest BCUT2D eigenvalue weighted by Gasteiger charge is 2.29. The maximum absolute atomic E-state index is 13.6. The lowest BCUT2D eigenvalue weighted by Crippen LogP contribution is -2.41. The molecule has 3 aromatic carbocycles. The second kappa shape index (κ2) is 13.3. The Morgan fingerprint density at radius 2 is 1.32 bits per heavy atom. The molecule has 1 amide bonds. The van der Waals surface area contributed by atoms with Crippen molar-refractivity contribution in [2.45, 2.75) is 0 Å². The third kappa shape index (κ3) is 7.40. The average Bonchev–Trinajstić information content (AvgIpc) is 2.98. The maximum Gasteiger partial charge on any atom is 0.254 e. The topological polar surface area (TPSA) is 59.1 Å². The molecule has 6 nitrogen and oxygen atoms in total. The van der Waals surface area contributed by atoms with E-state index in [2.05, 4.69) is 4.90 Å². The zero-order valence-corrected chi connectivity index (χ0v) is 23.5. The number of halogens is 2. The normalized spacial score (nSPS) is 18.4. The summed E-state index contributed by atoms with van der Waals surface area (Å²) in [5.74, 6) is 0.472. The van der Waals surface area contributed by atoms with Crippen LogP contribution in [0.25, 0.3) is 12.2 Å². The molecule has 206 valence electrons. The van der Waals surface area contributed by atoms with Crippen LogP contribution in [-0.2, 0) is 9.53 Å². The van der Waals surface area contributed by atoms with Crippen molar-refractivity contribution < 1.29 is 19.1 Å². The smallest absolute Gasteiger partial charge is 0.254 e. The fraction of sp³-hybridized carbons (Fsp3) is 0.250. The van der Waals surface area contributed by atoms with Crippen LogP contribution in [0.3, 0.4) is 0 Å². The first kappa shape index (κ1) is 28.1. The first-order valence-corrected chi connectivity index (χ1v) is 14.0. The van der Waals surface area contributed by atoms with Crippen LogP contribution >= 0.6 is 23.2 Å². The van der Waals surface area contributed by atoms with Gasteiger partial charge in [-0.05, 0) is 71.8 Å². The minimum atomic E-state index is -0.156. The number of hydrogen-bond acceptors (Lipinski definition) is 5. The van der Waals surface area contributed by atoms with E-state index in [4.69, 9.17) is 32.7 Å². The average molecular weight is 578 g/mol. The van der Waals surface area contributed by atoms with Crippen molar-refractivity contribution >= 4 is 47.0 Å². The van der Waals surface area contributed by atoms with Crippen molar-refractivity contribution in [1.29, 1.82) is 0 Å². The standard InChI is InChI=1S/C32H30Cl2N2O4/c33-28-7-1-23(2-8-28)19-26-21-36(22-27(31(26)37)20-24-3-9-29(34)10-4-24)32(38)25-5-11-30(12-6-25)40-18-15-35-13-16-39-17-14-35/h1-12,19-20H,13-18,21-22H2/b26-19+,27-20+. The van der Waals surface area contributed by atoms with E-state index >= 15 is 0 Å². The molecule has 0 saturated carbocycles. The van der Waals surface area contributed by atoms with Crippen molar-refractivity contribution in [3.8, 4) is 5.75 Å². The number of Topliss-reactive ketones (excluding diaryl/α,β-unsaturated/α-hetero) is 1. The van der Waals surface area contributed by atoms with E-state index in [-0.39, 0.29) is 24.8 Å². The summed E-state index contributed by atoms with van der Waals surface area (Å²) in [6.45, 7) is 5.15. The van der Waals surface area contributed by atoms with Gasteiger partial charge in [0.15, 0.2) is 5.78 Å². The van der Waals surface area contributed by atoms with Crippen LogP contribution in [0.2, 0.25) is 10.0 Å². The number of morpholine rings is 1. The molecule has 0 unspecified atom stereocenters. The molecule has 0 aliphatic carbocycles. The molecule has 0 spiro atoms. The van der Waals surface area contributed by atoms with Gasteiger partial charge in [0, 0.05) is 46.4 Å². The number of carbonyl (C=O) groups is 2. The van der Waals surface area contributed by atoms with E-state index < -0.39 is 0 Å². The summed E-state index contributed by atoms with van der Waals surface area (Å²) >= 11 is 12.1. The second-order valence-corrected chi connectivity index (χ2v) is 10.6. The molecular formula is C32H30Cl2N2O4. The van der Waals surface area contributed by atoms with E-state index in [0.717, 1.165) is 44.0 Å². The number of ether oxygens (including phenoxy) is 2. The largest absolute Gasteiger partial charge is 0.492 e. The van der Waals surface area contributed by atoms with Gasteiger partial charge in [0.25, 0.3) is 5.91 Å². The second-order valence-electron chi connectivity index (χ2n) is 9.76. The lowest BCUT2D eigenvalue weighted by molar-refractivity contribution is -0.113. The van der Waals surface area contributed by atoms with Gasteiger partial charge in [-0.2, -0.15) is 0 Å². The number of piperidine rings is 1. The SMILES string of the molecule is O=C1/C(=C/c2ccc(Cl)cc2)CN(C(=O)c2ccc(OCCN3CCOCC3)cc2)C/C1=C\c1ccc(Cl)cc1. The molecule has 3 aromatic rings. The molecular weight excluding hydrogens is 547 g/mol. The van der Waals surface area contributed by atoms with Gasteiger partial charge in [-0.3, -0.25) is 14.5 Å². The molecule has 5 rings (SSSR count).